The summed E-state index contributed by atoms with van der Waals surface area (Å²) in [4.78, 5) is 26.0. The molecular formula is C16H19N5O3S2. The van der Waals surface area contributed by atoms with Crippen LogP contribution in [0.15, 0.2) is 22.7 Å². The highest BCUT2D eigenvalue weighted by molar-refractivity contribution is 7.99. The quantitative estimate of drug-likeness (QED) is 0.474. The van der Waals surface area contributed by atoms with E-state index in [0.717, 1.165) is 10.7 Å². The highest BCUT2D eigenvalue weighted by Crippen LogP contribution is 2.27. The van der Waals surface area contributed by atoms with Crippen molar-refractivity contribution in [2.75, 3.05) is 26.0 Å². The van der Waals surface area contributed by atoms with E-state index in [-0.39, 0.29) is 24.7 Å². The summed E-state index contributed by atoms with van der Waals surface area (Å²) >= 11 is 2.80. The van der Waals surface area contributed by atoms with Crippen molar-refractivity contribution < 1.29 is 14.3 Å². The summed E-state index contributed by atoms with van der Waals surface area (Å²) in [6.07, 6.45) is 0.241. The topological polar surface area (TPSA) is 101 Å². The van der Waals surface area contributed by atoms with E-state index in [4.69, 9.17) is 10.00 Å². The molecule has 8 nitrogen and oxygen atoms in total. The summed E-state index contributed by atoms with van der Waals surface area (Å²) in [6.45, 7) is 2.65. The average Bonchev–Trinajstić information content (AvgIpc) is 3.30. The molecule has 0 aliphatic rings. The third-order valence-electron chi connectivity index (χ3n) is 3.44. The van der Waals surface area contributed by atoms with E-state index < -0.39 is 5.97 Å². The second kappa shape index (κ2) is 9.94. The fraction of sp³-hybridized carbons (Fsp3) is 0.438. The Morgan fingerprint density at radius 1 is 1.46 bits per heavy atom. The number of thiophene rings is 1. The Bertz CT molecular complexity index is 782. The van der Waals surface area contributed by atoms with Gasteiger partial charge >= 0.3 is 5.97 Å². The van der Waals surface area contributed by atoms with Crippen LogP contribution in [-0.4, -0.2) is 57.5 Å². The van der Waals surface area contributed by atoms with Crippen LogP contribution in [0.4, 0.5) is 0 Å². The van der Waals surface area contributed by atoms with E-state index in [9.17, 15) is 9.59 Å². The third kappa shape index (κ3) is 5.31. The van der Waals surface area contributed by atoms with Gasteiger partial charge in [0.15, 0.2) is 17.6 Å². The molecule has 2 aromatic heterocycles. The highest BCUT2D eigenvalue weighted by Gasteiger charge is 2.16. The van der Waals surface area contributed by atoms with Gasteiger partial charge in [-0.2, -0.15) is 5.26 Å². The maximum atomic E-state index is 11.9. The lowest BCUT2D eigenvalue weighted by atomic mass is 10.4. The van der Waals surface area contributed by atoms with Crippen molar-refractivity contribution in [1.29, 1.82) is 5.26 Å². The number of nitrogens with zero attached hydrogens (tertiary/aromatic N) is 5. The number of ether oxygens (including phenoxy) is 1. The first-order valence-corrected chi connectivity index (χ1v) is 9.79. The Kier molecular flexibility index (Phi) is 7.62. The van der Waals surface area contributed by atoms with Gasteiger partial charge in [0.25, 0.3) is 5.91 Å². The molecule has 0 radical (unpaired) electrons. The predicted octanol–water partition coefficient (Wildman–Crippen LogP) is 2.03. The highest BCUT2D eigenvalue weighted by atomic mass is 32.2. The van der Waals surface area contributed by atoms with E-state index in [0.29, 0.717) is 18.2 Å². The molecule has 2 rings (SSSR count). The van der Waals surface area contributed by atoms with Gasteiger partial charge in [-0.3, -0.25) is 9.59 Å². The molecule has 0 aliphatic heterocycles. The van der Waals surface area contributed by atoms with Crippen molar-refractivity contribution in [3.8, 4) is 16.8 Å². The Balaban J connectivity index is 1.84. The molecule has 26 heavy (non-hydrogen) atoms. The van der Waals surface area contributed by atoms with Crippen LogP contribution in [-0.2, 0) is 20.9 Å². The van der Waals surface area contributed by atoms with E-state index in [1.54, 1.807) is 18.4 Å². The van der Waals surface area contributed by atoms with Gasteiger partial charge in [0.05, 0.1) is 23.1 Å². The molecule has 2 aromatic rings. The molecule has 0 N–H and O–H groups in total. The average molecular weight is 393 g/mol. The van der Waals surface area contributed by atoms with Gasteiger partial charge in [-0.15, -0.1) is 21.5 Å². The van der Waals surface area contributed by atoms with Crippen LogP contribution in [0.3, 0.4) is 0 Å². The number of aromatic nitrogens is 3. The zero-order chi connectivity index (χ0) is 18.9. The minimum Gasteiger partial charge on any atom is -0.455 e. The number of hydrogen-bond acceptors (Lipinski definition) is 8. The molecular weight excluding hydrogens is 374 g/mol. The van der Waals surface area contributed by atoms with Gasteiger partial charge in [-0.1, -0.05) is 17.8 Å². The number of amides is 1. The van der Waals surface area contributed by atoms with Crippen LogP contribution in [0.25, 0.3) is 10.7 Å². The van der Waals surface area contributed by atoms with E-state index in [1.165, 1.54) is 16.7 Å². The molecule has 138 valence electrons. The maximum Gasteiger partial charge on any atom is 0.316 e. The number of carbonyl (C=O) groups is 2. The van der Waals surface area contributed by atoms with Crippen molar-refractivity contribution in [1.82, 2.24) is 19.7 Å². The number of likely N-dealkylation sites (N-methyl/N-ethyl adjacent to an activating group) is 1. The first kappa shape index (κ1) is 19.9. The SMILES string of the molecule is CCn1c(SCC(=O)OCC(=O)N(C)CCC#N)nnc1-c1cccs1. The van der Waals surface area contributed by atoms with Gasteiger partial charge in [0.2, 0.25) is 0 Å². The van der Waals surface area contributed by atoms with Crippen LogP contribution in [0, 0.1) is 11.3 Å². The van der Waals surface area contributed by atoms with Crippen molar-refractivity contribution in [3.63, 3.8) is 0 Å². The summed E-state index contributed by atoms with van der Waals surface area (Å²) in [6, 6.07) is 5.88. The molecule has 1 amide bonds. The zero-order valence-corrected chi connectivity index (χ0v) is 16.2. The smallest absolute Gasteiger partial charge is 0.316 e. The van der Waals surface area contributed by atoms with Gasteiger partial charge < -0.3 is 14.2 Å². The van der Waals surface area contributed by atoms with Gasteiger partial charge in [0.1, 0.15) is 0 Å². The largest absolute Gasteiger partial charge is 0.455 e. The Morgan fingerprint density at radius 3 is 2.92 bits per heavy atom. The maximum absolute atomic E-state index is 11.9. The van der Waals surface area contributed by atoms with Crippen molar-refractivity contribution in [3.05, 3.63) is 17.5 Å². The molecule has 0 aliphatic carbocycles. The van der Waals surface area contributed by atoms with E-state index in [1.807, 2.05) is 35.1 Å². The van der Waals surface area contributed by atoms with Gasteiger partial charge in [-0.05, 0) is 18.4 Å². The Labute approximate surface area is 159 Å². The summed E-state index contributed by atoms with van der Waals surface area (Å²) in [7, 11) is 1.57. The first-order chi connectivity index (χ1) is 12.6. The summed E-state index contributed by atoms with van der Waals surface area (Å²) in [5.41, 5.74) is 0. The standard InChI is InChI=1S/C16H19N5O3S2/c1-3-21-15(12-6-4-9-25-12)18-19-16(21)26-11-14(23)24-10-13(22)20(2)8-5-7-17/h4,6,9H,3,5,8,10-11H2,1-2H3. The molecule has 0 saturated carbocycles. The molecule has 10 heteroatoms. The Hall–Kier alpha value is -2.38. The minimum atomic E-state index is -0.500. The van der Waals surface area contributed by atoms with Gasteiger partial charge in [0, 0.05) is 20.1 Å². The molecule has 2 heterocycles. The Morgan fingerprint density at radius 2 is 2.27 bits per heavy atom. The summed E-state index contributed by atoms with van der Waals surface area (Å²) in [5.74, 6) is -0.0269. The molecule has 0 fully saturated rings. The minimum absolute atomic E-state index is 0.0394. The van der Waals surface area contributed by atoms with Crippen molar-refractivity contribution in [2.45, 2.75) is 25.0 Å². The summed E-state index contributed by atoms with van der Waals surface area (Å²) in [5, 5.41) is 19.4. The zero-order valence-electron chi connectivity index (χ0n) is 14.5. The van der Waals surface area contributed by atoms with Crippen LogP contribution in [0.5, 0.6) is 0 Å². The van der Waals surface area contributed by atoms with Gasteiger partial charge in [-0.25, -0.2) is 0 Å². The fourth-order valence-corrected chi connectivity index (χ4v) is 3.55. The number of carbonyl (C=O) groups excluding carboxylic acids is 2. The van der Waals surface area contributed by atoms with Crippen molar-refractivity contribution in [2.24, 2.45) is 0 Å². The van der Waals surface area contributed by atoms with E-state index in [2.05, 4.69) is 10.2 Å². The monoisotopic (exact) mass is 393 g/mol. The molecule has 0 unspecified atom stereocenters. The second-order valence-corrected chi connectivity index (χ2v) is 7.09. The molecule has 0 aromatic carbocycles. The molecule has 0 atom stereocenters. The number of nitriles is 1. The lowest BCUT2D eigenvalue weighted by Crippen LogP contribution is -2.32. The normalized spacial score (nSPS) is 10.3. The lowest BCUT2D eigenvalue weighted by molar-refractivity contribution is -0.149. The van der Waals surface area contributed by atoms with Crippen LogP contribution in [0.1, 0.15) is 13.3 Å². The number of rotatable bonds is 9. The number of thioether (sulfide) groups is 1. The lowest BCUT2D eigenvalue weighted by Gasteiger charge is -2.15. The number of esters is 1. The molecule has 0 spiro atoms. The second-order valence-electron chi connectivity index (χ2n) is 5.20. The molecule has 0 saturated heterocycles. The van der Waals surface area contributed by atoms with Crippen LogP contribution >= 0.6 is 23.1 Å². The molecule has 0 bridgehead atoms. The van der Waals surface area contributed by atoms with E-state index >= 15 is 0 Å². The van der Waals surface area contributed by atoms with Crippen LogP contribution < -0.4 is 0 Å². The fourth-order valence-electron chi connectivity index (χ4n) is 2.03. The predicted molar refractivity (Wildman–Crippen MR) is 98.6 cm³/mol. The van der Waals surface area contributed by atoms with Crippen molar-refractivity contribution >= 4 is 35.0 Å². The third-order valence-corrected chi connectivity index (χ3v) is 5.24. The van der Waals surface area contributed by atoms with Crippen LogP contribution in [0.2, 0.25) is 0 Å². The first-order valence-electron chi connectivity index (χ1n) is 7.93. The number of hydrogen-bond donors (Lipinski definition) is 0. The summed E-state index contributed by atoms with van der Waals surface area (Å²) < 4.78 is 6.93.